The Morgan fingerprint density at radius 2 is 1.95 bits per heavy atom. The Kier molecular flexibility index (Phi) is 3.32. The highest BCUT2D eigenvalue weighted by atomic mass is 79.9. The third kappa shape index (κ3) is 2.46. The number of fused-ring (bicyclic) bond motifs is 1. The largest absolute Gasteiger partial charge is 0.316 e. The summed E-state index contributed by atoms with van der Waals surface area (Å²) in [6, 6.07) is 6.55. The van der Waals surface area contributed by atoms with Crippen LogP contribution in [0.15, 0.2) is 28.7 Å². The van der Waals surface area contributed by atoms with Gasteiger partial charge in [-0.2, -0.15) is 0 Å². The number of benzene rings is 1. The maximum absolute atomic E-state index is 13.6. The molecule has 0 unspecified atom stereocenters. The van der Waals surface area contributed by atoms with E-state index in [1.807, 2.05) is 17.6 Å². The van der Waals surface area contributed by atoms with Crippen molar-refractivity contribution in [3.63, 3.8) is 0 Å². The van der Waals surface area contributed by atoms with Gasteiger partial charge in [-0.25, -0.2) is 4.39 Å². The van der Waals surface area contributed by atoms with Crippen molar-refractivity contribution in [2.75, 3.05) is 0 Å². The highest BCUT2D eigenvalue weighted by molar-refractivity contribution is 9.10. The van der Waals surface area contributed by atoms with Gasteiger partial charge in [0.25, 0.3) is 0 Å². The van der Waals surface area contributed by atoms with Crippen molar-refractivity contribution in [2.24, 2.45) is 5.41 Å². The number of carbonyl (C=O) groups is 1. The van der Waals surface area contributed by atoms with Gasteiger partial charge in [0.05, 0.1) is 5.69 Å². The fraction of sp³-hybridized carbons (Fsp3) is 0.353. The molecule has 2 nitrogen and oxygen atoms in total. The van der Waals surface area contributed by atoms with Crippen molar-refractivity contribution in [3.8, 4) is 5.69 Å². The lowest BCUT2D eigenvalue weighted by Crippen LogP contribution is -2.27. The van der Waals surface area contributed by atoms with Crippen molar-refractivity contribution in [2.45, 2.75) is 33.6 Å². The molecule has 110 valence electrons. The molecule has 0 spiro atoms. The monoisotopic (exact) mass is 349 g/mol. The first-order valence-corrected chi connectivity index (χ1v) is 7.78. The van der Waals surface area contributed by atoms with Gasteiger partial charge in [0, 0.05) is 27.8 Å². The maximum atomic E-state index is 13.6. The van der Waals surface area contributed by atoms with Crippen LogP contribution in [0, 0.1) is 18.2 Å². The zero-order chi connectivity index (χ0) is 15.4. The number of hydrogen-bond acceptors (Lipinski definition) is 1. The summed E-state index contributed by atoms with van der Waals surface area (Å²) in [6.45, 7) is 6.15. The molecule has 1 aliphatic carbocycles. The summed E-state index contributed by atoms with van der Waals surface area (Å²) in [5.41, 5.74) is 3.41. The fourth-order valence-corrected chi connectivity index (χ4v) is 3.57. The van der Waals surface area contributed by atoms with E-state index in [-0.39, 0.29) is 17.0 Å². The van der Waals surface area contributed by atoms with E-state index < -0.39 is 0 Å². The van der Waals surface area contributed by atoms with Crippen LogP contribution in [0.25, 0.3) is 5.69 Å². The highest BCUT2D eigenvalue weighted by Crippen LogP contribution is 2.38. The first-order chi connectivity index (χ1) is 9.78. The van der Waals surface area contributed by atoms with Gasteiger partial charge < -0.3 is 4.57 Å². The molecule has 1 aromatic heterocycles. The van der Waals surface area contributed by atoms with Crippen LogP contribution in [-0.4, -0.2) is 10.4 Å². The Morgan fingerprint density at radius 1 is 1.24 bits per heavy atom. The molecule has 0 fully saturated rings. The lowest BCUT2D eigenvalue weighted by atomic mass is 9.76. The summed E-state index contributed by atoms with van der Waals surface area (Å²) >= 11 is 3.49. The van der Waals surface area contributed by atoms with Crippen molar-refractivity contribution < 1.29 is 9.18 Å². The molecule has 0 N–H and O–H groups in total. The van der Waals surface area contributed by atoms with E-state index in [1.165, 1.54) is 12.1 Å². The van der Waals surface area contributed by atoms with Crippen LogP contribution in [0.4, 0.5) is 4.39 Å². The Labute approximate surface area is 132 Å². The van der Waals surface area contributed by atoms with Gasteiger partial charge in [-0.15, -0.1) is 0 Å². The lowest BCUT2D eigenvalue weighted by Gasteiger charge is -2.30. The second-order valence-corrected chi connectivity index (χ2v) is 7.37. The predicted molar refractivity (Wildman–Crippen MR) is 84.6 cm³/mol. The van der Waals surface area contributed by atoms with Crippen molar-refractivity contribution >= 4 is 21.7 Å². The van der Waals surface area contributed by atoms with Gasteiger partial charge in [0.15, 0.2) is 5.78 Å². The van der Waals surface area contributed by atoms with Crippen molar-refractivity contribution in [1.29, 1.82) is 0 Å². The molecule has 4 heteroatoms. The molecule has 1 aromatic carbocycles. The third-order valence-corrected chi connectivity index (χ3v) is 4.69. The van der Waals surface area contributed by atoms with Crippen LogP contribution in [0.3, 0.4) is 0 Å². The van der Waals surface area contributed by atoms with E-state index in [0.29, 0.717) is 6.42 Å². The van der Waals surface area contributed by atoms with Crippen molar-refractivity contribution in [1.82, 2.24) is 4.57 Å². The zero-order valence-electron chi connectivity index (χ0n) is 12.3. The molecule has 0 amide bonds. The molecule has 0 atom stereocenters. The minimum absolute atomic E-state index is 0.0631. The Balaban J connectivity index is 2.26. The van der Waals surface area contributed by atoms with Gasteiger partial charge in [-0.05, 0) is 59.0 Å². The number of rotatable bonds is 1. The second kappa shape index (κ2) is 4.80. The molecule has 21 heavy (non-hydrogen) atoms. The fourth-order valence-electron chi connectivity index (χ4n) is 3.14. The standard InChI is InChI=1S/C17H17BrFNO/c1-10-6-12-15(8-17(2,3)9-16(12)21)20(10)14-7-11(19)4-5-13(14)18/h4-7H,8-9H2,1-3H3. The van der Waals surface area contributed by atoms with Crippen molar-refractivity contribution in [3.05, 3.63) is 51.5 Å². The Bertz CT molecular complexity index is 745. The first kappa shape index (κ1) is 14.5. The van der Waals surface area contributed by atoms with Gasteiger partial charge in [-0.3, -0.25) is 4.79 Å². The molecule has 0 saturated carbocycles. The van der Waals surface area contributed by atoms with Crippen LogP contribution in [-0.2, 0) is 6.42 Å². The minimum Gasteiger partial charge on any atom is -0.316 e. The molecule has 1 aliphatic rings. The minimum atomic E-state index is -0.281. The molecule has 0 saturated heterocycles. The summed E-state index contributed by atoms with van der Waals surface area (Å²) in [4.78, 5) is 12.4. The summed E-state index contributed by atoms with van der Waals surface area (Å²) in [5.74, 6) is -0.105. The number of halogens is 2. The van der Waals surface area contributed by atoms with Gasteiger partial charge >= 0.3 is 0 Å². The number of aromatic nitrogens is 1. The molecule has 0 radical (unpaired) electrons. The van der Waals surface area contributed by atoms with E-state index in [9.17, 15) is 9.18 Å². The third-order valence-electron chi connectivity index (χ3n) is 4.02. The smallest absolute Gasteiger partial charge is 0.165 e. The van der Waals surface area contributed by atoms with Gasteiger partial charge in [-0.1, -0.05) is 13.8 Å². The lowest BCUT2D eigenvalue weighted by molar-refractivity contribution is 0.0911. The van der Waals surface area contributed by atoms with Crippen LogP contribution < -0.4 is 0 Å². The quantitative estimate of drug-likeness (QED) is 0.721. The van der Waals surface area contributed by atoms with Gasteiger partial charge in [0.2, 0.25) is 0 Å². The zero-order valence-corrected chi connectivity index (χ0v) is 13.9. The summed E-state index contributed by atoms with van der Waals surface area (Å²) < 4.78 is 16.5. The SMILES string of the molecule is Cc1cc2c(n1-c1cc(F)ccc1Br)CC(C)(C)CC2=O. The molecule has 2 aromatic rings. The summed E-state index contributed by atoms with van der Waals surface area (Å²) in [6.07, 6.45) is 1.37. The normalized spacial score (nSPS) is 16.9. The number of ketones is 1. The predicted octanol–water partition coefficient (Wildman–Crippen LogP) is 4.84. The number of aryl methyl sites for hydroxylation is 1. The average Bonchev–Trinajstić information content (AvgIpc) is 2.68. The summed E-state index contributed by atoms with van der Waals surface area (Å²) in [7, 11) is 0. The van der Waals surface area contributed by atoms with Crippen LogP contribution in [0.2, 0.25) is 0 Å². The van der Waals surface area contributed by atoms with E-state index in [0.717, 1.165) is 33.5 Å². The maximum Gasteiger partial charge on any atom is 0.165 e. The highest BCUT2D eigenvalue weighted by Gasteiger charge is 2.34. The topological polar surface area (TPSA) is 22.0 Å². The van der Waals surface area contributed by atoms with E-state index in [4.69, 9.17) is 0 Å². The second-order valence-electron chi connectivity index (χ2n) is 6.52. The molecule has 3 rings (SSSR count). The molecule has 0 bridgehead atoms. The molecule has 1 heterocycles. The van der Waals surface area contributed by atoms with E-state index >= 15 is 0 Å². The molecular weight excluding hydrogens is 333 g/mol. The number of carbonyl (C=O) groups excluding carboxylic acids is 1. The van der Waals surface area contributed by atoms with E-state index in [2.05, 4.69) is 29.8 Å². The number of nitrogens with zero attached hydrogens (tertiary/aromatic N) is 1. The molecular formula is C17H17BrFNO. The first-order valence-electron chi connectivity index (χ1n) is 6.98. The summed E-state index contributed by atoms with van der Waals surface area (Å²) in [5, 5.41) is 0. The molecule has 0 aliphatic heterocycles. The Morgan fingerprint density at radius 3 is 2.67 bits per heavy atom. The van der Waals surface area contributed by atoms with Crippen LogP contribution in [0.1, 0.15) is 42.0 Å². The van der Waals surface area contributed by atoms with Gasteiger partial charge in [0.1, 0.15) is 5.82 Å². The Hall–Kier alpha value is -1.42. The van der Waals surface area contributed by atoms with E-state index in [1.54, 1.807) is 6.07 Å². The van der Waals surface area contributed by atoms with Crippen LogP contribution >= 0.6 is 15.9 Å². The number of hydrogen-bond donors (Lipinski definition) is 0. The average molecular weight is 350 g/mol. The van der Waals surface area contributed by atoms with Crippen LogP contribution in [0.5, 0.6) is 0 Å². The number of Topliss-reactive ketones (excluding diaryl/α,β-unsaturated/α-hetero) is 1.